The van der Waals surface area contributed by atoms with Crippen molar-refractivity contribution in [2.45, 2.75) is 85.2 Å². The van der Waals surface area contributed by atoms with Gasteiger partial charge in [0.15, 0.2) is 0 Å². The van der Waals surface area contributed by atoms with Gasteiger partial charge in [-0.15, -0.1) is 11.3 Å². The summed E-state index contributed by atoms with van der Waals surface area (Å²) in [7, 11) is 1.97. The number of aromatic nitrogens is 1. The molecule has 2 unspecified atom stereocenters. The van der Waals surface area contributed by atoms with E-state index in [9.17, 15) is 0 Å². The molecule has 2 aliphatic rings. The van der Waals surface area contributed by atoms with E-state index in [-0.39, 0.29) is 13.5 Å². The highest BCUT2D eigenvalue weighted by Gasteiger charge is 2.35. The molecule has 204 valence electrons. The topological polar surface area (TPSA) is 40.2 Å². The molecule has 4 nitrogen and oxygen atoms in total. The molecule has 37 heavy (non-hydrogen) atoms. The second kappa shape index (κ2) is 15.1. The van der Waals surface area contributed by atoms with E-state index in [1.54, 1.807) is 11.3 Å². The standard InChI is InChI=1S/C29H40N4S.C2H6.CH4/c1-20-11-9-14-25(17-20)22(3)26-19-34-29(32-26)27-15-10-16-33(27)23(4)28(31-21(2)18-30-5)24-12-7-6-8-13-24;1-2;/h9,11,14,17,19,24,27-28,30-31H,2-4,6-8,10,12-13,15-16,18H2,1,5H3;1-2H3;1H4. The first-order chi connectivity index (χ1) is 17.5. The SMILES string of the molecule is C.C=C(CNC)NC(C(=C)N1CCCC1c1nc(C(=C)c2cccc(C)c2)cs1)C1CCCCC1.CC. The first-order valence-corrected chi connectivity index (χ1v) is 14.6. The van der Waals surface area contributed by atoms with Gasteiger partial charge in [-0.2, -0.15) is 0 Å². The lowest BCUT2D eigenvalue weighted by atomic mass is 9.82. The van der Waals surface area contributed by atoms with Crippen LogP contribution in [-0.4, -0.2) is 36.1 Å². The molecular weight excluding hydrogens is 472 g/mol. The summed E-state index contributed by atoms with van der Waals surface area (Å²) in [6.45, 7) is 21.2. The van der Waals surface area contributed by atoms with Crippen molar-refractivity contribution in [1.29, 1.82) is 0 Å². The minimum atomic E-state index is 0. The van der Waals surface area contributed by atoms with E-state index in [2.05, 4.69) is 71.8 Å². The normalized spacial score (nSPS) is 18.3. The van der Waals surface area contributed by atoms with Crippen LogP contribution in [0.15, 0.2) is 60.8 Å². The average molecular weight is 523 g/mol. The Hall–Kier alpha value is -2.37. The molecular formula is C32H50N4S. The second-order valence-corrected chi connectivity index (χ2v) is 10.8. The maximum absolute atomic E-state index is 5.08. The Morgan fingerprint density at radius 3 is 2.51 bits per heavy atom. The largest absolute Gasteiger partial charge is 0.379 e. The van der Waals surface area contributed by atoms with Gasteiger partial charge in [0.05, 0.1) is 17.8 Å². The van der Waals surface area contributed by atoms with E-state index in [1.807, 2.05) is 20.9 Å². The van der Waals surface area contributed by atoms with Gasteiger partial charge < -0.3 is 15.5 Å². The van der Waals surface area contributed by atoms with Crippen LogP contribution >= 0.6 is 11.3 Å². The number of aryl methyl sites for hydroxylation is 1. The summed E-state index contributed by atoms with van der Waals surface area (Å²) in [6.07, 6.45) is 8.81. The van der Waals surface area contributed by atoms with E-state index in [1.165, 1.54) is 54.8 Å². The number of hydrogen-bond acceptors (Lipinski definition) is 5. The quantitative estimate of drug-likeness (QED) is 0.331. The van der Waals surface area contributed by atoms with Crippen LogP contribution in [-0.2, 0) is 0 Å². The highest BCUT2D eigenvalue weighted by Crippen LogP contribution is 2.40. The van der Waals surface area contributed by atoms with Crippen molar-refractivity contribution >= 4 is 16.9 Å². The highest BCUT2D eigenvalue weighted by atomic mass is 32.1. The fourth-order valence-electron chi connectivity index (χ4n) is 5.53. The van der Waals surface area contributed by atoms with Crippen LogP contribution in [0, 0.1) is 12.8 Å². The average Bonchev–Trinajstić information content (AvgIpc) is 3.58. The maximum atomic E-state index is 5.08. The molecule has 1 aromatic heterocycles. The summed E-state index contributed by atoms with van der Waals surface area (Å²) in [5, 5.41) is 10.3. The third-order valence-corrected chi connectivity index (χ3v) is 8.28. The van der Waals surface area contributed by atoms with E-state index in [0.717, 1.165) is 42.0 Å². The molecule has 1 aliphatic heterocycles. The Kier molecular flexibility index (Phi) is 12.6. The Morgan fingerprint density at radius 2 is 1.84 bits per heavy atom. The lowest BCUT2D eigenvalue weighted by Gasteiger charge is -2.39. The molecule has 4 rings (SSSR count). The Balaban J connectivity index is 0.00000157. The van der Waals surface area contributed by atoms with Crippen LogP contribution in [0.4, 0.5) is 0 Å². The predicted molar refractivity (Wildman–Crippen MR) is 164 cm³/mol. The van der Waals surface area contributed by atoms with Crippen molar-refractivity contribution in [3.05, 3.63) is 82.6 Å². The molecule has 1 saturated heterocycles. The molecule has 0 amide bonds. The molecule has 0 spiro atoms. The van der Waals surface area contributed by atoms with Crippen molar-refractivity contribution in [2.75, 3.05) is 20.1 Å². The van der Waals surface area contributed by atoms with Crippen molar-refractivity contribution in [2.24, 2.45) is 5.92 Å². The van der Waals surface area contributed by atoms with Crippen LogP contribution in [0.3, 0.4) is 0 Å². The van der Waals surface area contributed by atoms with Gasteiger partial charge in [-0.1, -0.05) is 90.1 Å². The van der Waals surface area contributed by atoms with Crippen molar-refractivity contribution < 1.29 is 0 Å². The maximum Gasteiger partial charge on any atom is 0.116 e. The Morgan fingerprint density at radius 1 is 1.11 bits per heavy atom. The van der Waals surface area contributed by atoms with Gasteiger partial charge in [-0.3, -0.25) is 0 Å². The van der Waals surface area contributed by atoms with Crippen LogP contribution in [0.1, 0.15) is 94.1 Å². The molecule has 1 saturated carbocycles. The lowest BCUT2D eigenvalue weighted by molar-refractivity contribution is 0.234. The van der Waals surface area contributed by atoms with Crippen LogP contribution in [0.25, 0.3) is 5.57 Å². The second-order valence-electron chi connectivity index (χ2n) is 9.92. The van der Waals surface area contributed by atoms with E-state index in [4.69, 9.17) is 4.98 Å². The fourth-order valence-corrected chi connectivity index (χ4v) is 6.51. The summed E-state index contributed by atoms with van der Waals surface area (Å²) in [5.41, 5.74) is 6.64. The van der Waals surface area contributed by atoms with Crippen LogP contribution in [0.2, 0.25) is 0 Å². The van der Waals surface area contributed by atoms with Gasteiger partial charge in [-0.25, -0.2) is 4.98 Å². The number of hydrogen-bond donors (Lipinski definition) is 2. The lowest BCUT2D eigenvalue weighted by Crippen LogP contribution is -2.44. The Bertz CT molecular complexity index is 1020. The summed E-state index contributed by atoms with van der Waals surface area (Å²) in [4.78, 5) is 7.61. The smallest absolute Gasteiger partial charge is 0.116 e. The van der Waals surface area contributed by atoms with Gasteiger partial charge in [0.25, 0.3) is 0 Å². The number of benzene rings is 1. The Labute approximate surface area is 231 Å². The number of likely N-dealkylation sites (N-methyl/N-ethyl adjacent to an activating group) is 1. The number of thiazole rings is 1. The number of nitrogens with one attached hydrogen (secondary N) is 2. The zero-order chi connectivity index (χ0) is 26.1. The third-order valence-electron chi connectivity index (χ3n) is 7.33. The molecule has 2 atom stereocenters. The first kappa shape index (κ1) is 30.9. The van der Waals surface area contributed by atoms with Crippen molar-refractivity contribution in [1.82, 2.24) is 20.5 Å². The number of rotatable bonds is 10. The number of nitrogens with zero attached hydrogens (tertiary/aromatic N) is 2. The van der Waals surface area contributed by atoms with Gasteiger partial charge >= 0.3 is 0 Å². The molecule has 1 aliphatic carbocycles. The monoisotopic (exact) mass is 522 g/mol. The molecule has 2 fully saturated rings. The summed E-state index contributed by atoms with van der Waals surface area (Å²) in [6, 6.07) is 9.05. The molecule has 1 aromatic carbocycles. The highest BCUT2D eigenvalue weighted by molar-refractivity contribution is 7.09. The molecule has 5 heteroatoms. The first-order valence-electron chi connectivity index (χ1n) is 13.7. The van der Waals surface area contributed by atoms with Gasteiger partial charge in [-0.05, 0) is 51.1 Å². The van der Waals surface area contributed by atoms with E-state index < -0.39 is 0 Å². The fraction of sp³-hybridized carbons (Fsp3) is 0.531. The van der Waals surface area contributed by atoms with Crippen molar-refractivity contribution in [3.8, 4) is 0 Å². The van der Waals surface area contributed by atoms with Gasteiger partial charge in [0, 0.05) is 35.4 Å². The summed E-state index contributed by atoms with van der Waals surface area (Å²) < 4.78 is 0. The zero-order valence-electron chi connectivity index (χ0n) is 22.9. The van der Waals surface area contributed by atoms with E-state index >= 15 is 0 Å². The van der Waals surface area contributed by atoms with Crippen molar-refractivity contribution in [3.63, 3.8) is 0 Å². The molecule has 2 heterocycles. The molecule has 0 bridgehead atoms. The van der Waals surface area contributed by atoms with Crippen LogP contribution in [0.5, 0.6) is 0 Å². The summed E-state index contributed by atoms with van der Waals surface area (Å²) in [5.74, 6) is 0.615. The predicted octanol–water partition coefficient (Wildman–Crippen LogP) is 8.10. The molecule has 0 radical (unpaired) electrons. The number of likely N-dealkylation sites (tertiary alicyclic amines) is 1. The van der Waals surface area contributed by atoms with Gasteiger partial charge in [0.1, 0.15) is 5.01 Å². The van der Waals surface area contributed by atoms with Gasteiger partial charge in [0.2, 0.25) is 0 Å². The molecule has 2 aromatic rings. The summed E-state index contributed by atoms with van der Waals surface area (Å²) >= 11 is 1.76. The van der Waals surface area contributed by atoms with Crippen LogP contribution < -0.4 is 10.6 Å². The minimum absolute atomic E-state index is 0. The zero-order valence-corrected chi connectivity index (χ0v) is 23.7. The minimum Gasteiger partial charge on any atom is -0.379 e. The molecule has 2 N–H and O–H groups in total. The van der Waals surface area contributed by atoms with E-state index in [0.29, 0.717) is 12.0 Å². The third kappa shape index (κ3) is 7.81.